The molecule has 0 bridgehead atoms. The summed E-state index contributed by atoms with van der Waals surface area (Å²) < 4.78 is 39.3. The molecule has 9 nitrogen and oxygen atoms in total. The van der Waals surface area contributed by atoms with Crippen molar-refractivity contribution in [3.8, 4) is 17.9 Å². The average molecular weight is 777 g/mol. The van der Waals surface area contributed by atoms with Crippen molar-refractivity contribution in [1.82, 2.24) is 0 Å². The quantitative estimate of drug-likeness (QED) is 0.133. The van der Waals surface area contributed by atoms with E-state index in [-0.39, 0.29) is 73.0 Å². The minimum absolute atomic E-state index is 0. The first-order chi connectivity index (χ1) is 19.2. The van der Waals surface area contributed by atoms with Crippen LogP contribution in [0, 0.1) is 73.3 Å². The number of nitrogens with one attached hydrogen (secondary N) is 1. The van der Waals surface area contributed by atoms with Crippen molar-refractivity contribution < 1.29 is 61.8 Å². The Labute approximate surface area is 275 Å². The van der Waals surface area contributed by atoms with Crippen LogP contribution in [0.2, 0.25) is 0 Å². The minimum Gasteiger partial charge on any atom is -0.748 e. The zero-order valence-corrected chi connectivity index (χ0v) is 27.4. The number of rotatable bonds is 8. The average Bonchev–Trinajstić information content (AvgIpc) is 3.52. The van der Waals surface area contributed by atoms with E-state index in [2.05, 4.69) is 10.9 Å². The van der Waals surface area contributed by atoms with Gasteiger partial charge < -0.3 is 19.9 Å². The number of nitriles is 2. The predicted molar refractivity (Wildman–Crippen MR) is 150 cm³/mol. The third-order valence-corrected chi connectivity index (χ3v) is 7.07. The van der Waals surface area contributed by atoms with Crippen LogP contribution in [-0.2, 0) is 10.1 Å². The van der Waals surface area contributed by atoms with Crippen molar-refractivity contribution in [3.63, 3.8) is 0 Å². The maximum atomic E-state index is 11.1. The van der Waals surface area contributed by atoms with Gasteiger partial charge in [0, 0.05) is 68.0 Å². The van der Waals surface area contributed by atoms with Crippen molar-refractivity contribution in [3.05, 3.63) is 124 Å². The predicted octanol–water partition coefficient (Wildman–Crippen LogP) is 6.30. The van der Waals surface area contributed by atoms with E-state index in [4.69, 9.17) is 17.0 Å². The van der Waals surface area contributed by atoms with Gasteiger partial charge >= 0.3 is 0 Å². The third-order valence-electron chi connectivity index (χ3n) is 6.28. The third kappa shape index (κ3) is 8.20. The number of ether oxygens (including phenoxy) is 1. The zero-order chi connectivity index (χ0) is 28.7. The van der Waals surface area contributed by atoms with E-state index in [0.717, 1.165) is 16.8 Å². The topological polar surface area (TPSA) is 145 Å². The van der Waals surface area contributed by atoms with Crippen LogP contribution in [0.25, 0.3) is 16.2 Å². The molecule has 0 aromatic heterocycles. The Morgan fingerprint density at radius 3 is 2.54 bits per heavy atom. The van der Waals surface area contributed by atoms with Crippen molar-refractivity contribution >= 4 is 27.1 Å². The molecule has 1 N–H and O–H groups in total. The summed E-state index contributed by atoms with van der Waals surface area (Å²) >= 11 is 0. The van der Waals surface area contributed by atoms with Gasteiger partial charge in [0.05, 0.1) is 40.1 Å². The molecule has 1 radical (unpaired) electrons. The molecular formula is C30H23AcN5O4S-2. The van der Waals surface area contributed by atoms with Crippen molar-refractivity contribution in [1.29, 1.82) is 10.5 Å². The van der Waals surface area contributed by atoms with Gasteiger partial charge in [-0.3, -0.25) is 0 Å². The molecular weight excluding hydrogens is 753 g/mol. The fourth-order valence-electron chi connectivity index (χ4n) is 4.43. The number of para-hydroxylation sites is 2. The van der Waals surface area contributed by atoms with Gasteiger partial charge in [-0.2, -0.15) is 5.26 Å². The molecule has 2 aliphatic rings. The number of nitrogens with zero attached hydrogens (tertiary/aromatic N) is 4. The minimum atomic E-state index is -4.32. The summed E-state index contributed by atoms with van der Waals surface area (Å²) in [6, 6.07) is 17.6. The first kappa shape index (κ1) is 31.9. The van der Waals surface area contributed by atoms with E-state index in [1.54, 1.807) is 24.3 Å². The molecule has 1 heterocycles. The van der Waals surface area contributed by atoms with Crippen LogP contribution in [0.15, 0.2) is 101 Å². The number of hydrogen-bond acceptors (Lipinski definition) is 7. The Morgan fingerprint density at radius 2 is 1.88 bits per heavy atom. The second-order valence-electron chi connectivity index (χ2n) is 9.00. The number of benzene rings is 2. The Balaban J connectivity index is 0.00000462. The summed E-state index contributed by atoms with van der Waals surface area (Å²) in [7, 11) is -4.32. The van der Waals surface area contributed by atoms with Crippen molar-refractivity contribution in [2.45, 2.75) is 19.3 Å². The summed E-state index contributed by atoms with van der Waals surface area (Å²) in [6.45, 7) is 7.70. The standard InChI is InChI=1S/C30H24N5O4S.Ac/c1-34-26(20-32)30(23-11-13-25(33)14-12-23)24(19-31)10-9-21-7-8-22(17-21)18-29-35(15-4-16-40(36,37)38)27-5-2-3-6-28(27)39-29;/h2-3,5-6,9-14,17-18,33H,4,7-8,15-16H2,(H,36,37,38);/q-1;/p-1/b21-9+,24-10+,29-18-,30-26+;. The van der Waals surface area contributed by atoms with Crippen molar-refractivity contribution in [2.75, 3.05) is 17.2 Å². The van der Waals surface area contributed by atoms with Gasteiger partial charge in [0.1, 0.15) is 0 Å². The van der Waals surface area contributed by atoms with E-state index < -0.39 is 15.9 Å². The molecule has 11 heteroatoms. The molecule has 0 amide bonds. The van der Waals surface area contributed by atoms with Gasteiger partial charge in [-0.25, -0.2) is 18.5 Å². The van der Waals surface area contributed by atoms with E-state index in [0.29, 0.717) is 36.6 Å². The first-order valence-electron chi connectivity index (χ1n) is 12.3. The molecule has 2 aromatic carbocycles. The van der Waals surface area contributed by atoms with E-state index >= 15 is 0 Å². The fourth-order valence-corrected chi connectivity index (χ4v) is 4.91. The number of hydrogen-bond donors (Lipinski definition) is 0. The van der Waals surface area contributed by atoms with Crippen LogP contribution in [0.1, 0.15) is 24.8 Å². The smallest absolute Gasteiger partial charge is 0.270 e. The summed E-state index contributed by atoms with van der Waals surface area (Å²) in [5, 5.41) is 19.4. The number of allylic oxidation sites excluding steroid dienone is 9. The zero-order valence-electron chi connectivity index (χ0n) is 21.9. The normalized spacial score (nSPS) is 17.0. The molecule has 1 aliphatic carbocycles. The largest absolute Gasteiger partial charge is 0.748 e. The van der Waals surface area contributed by atoms with Gasteiger partial charge in [-0.1, -0.05) is 48.6 Å². The second kappa shape index (κ2) is 14.3. The van der Waals surface area contributed by atoms with E-state index in [9.17, 15) is 23.5 Å². The second-order valence-corrected chi connectivity index (χ2v) is 10.5. The summed E-state index contributed by atoms with van der Waals surface area (Å²) in [6.07, 6.45) is 8.76. The van der Waals surface area contributed by atoms with Gasteiger partial charge in [-0.05, 0) is 54.2 Å². The Morgan fingerprint density at radius 1 is 1.15 bits per heavy atom. The van der Waals surface area contributed by atoms with Gasteiger partial charge in [0.25, 0.3) is 5.70 Å². The summed E-state index contributed by atoms with van der Waals surface area (Å²) in [4.78, 5) is 5.15. The van der Waals surface area contributed by atoms with Gasteiger partial charge in [0.15, 0.2) is 5.75 Å². The molecule has 0 fully saturated rings. The molecule has 0 unspecified atom stereocenters. The van der Waals surface area contributed by atoms with Gasteiger partial charge in [0.2, 0.25) is 5.88 Å². The summed E-state index contributed by atoms with van der Waals surface area (Å²) in [5.41, 5.74) is 11.3. The molecule has 2 aromatic rings. The Kier molecular flexibility index (Phi) is 11.1. The number of fused-ring (bicyclic) bond motifs is 1. The van der Waals surface area contributed by atoms with Crippen LogP contribution in [-0.4, -0.2) is 25.3 Å². The molecule has 0 atom stereocenters. The Hall–Kier alpha value is -3.64. The molecule has 41 heavy (non-hydrogen) atoms. The maximum Gasteiger partial charge on any atom is 0.270 e. The van der Waals surface area contributed by atoms with Crippen LogP contribution in [0.3, 0.4) is 0 Å². The Bertz CT molecular complexity index is 1700. The van der Waals surface area contributed by atoms with Crippen LogP contribution >= 0.6 is 0 Å². The maximum absolute atomic E-state index is 11.1. The molecule has 203 valence electrons. The SMILES string of the molecule is [Ac].[C-]#[N+]/C(C#N)=C(/C(C#N)=C/C=C1C=C(/C=C2\Oc3ccccc3N2CCCS(=O)(=O)[O-])CC/1)c1ccc([NH-])cc1. The first-order valence-corrected chi connectivity index (χ1v) is 13.9. The van der Waals surface area contributed by atoms with Crippen LogP contribution in [0.4, 0.5) is 11.4 Å². The molecule has 1 aliphatic heterocycles. The van der Waals surface area contributed by atoms with Crippen LogP contribution < -0.4 is 9.64 Å². The van der Waals surface area contributed by atoms with Gasteiger partial charge in [-0.15, -0.1) is 5.69 Å². The van der Waals surface area contributed by atoms with Crippen molar-refractivity contribution in [2.24, 2.45) is 0 Å². The van der Waals surface area contributed by atoms with Crippen LogP contribution in [0.5, 0.6) is 5.75 Å². The molecule has 0 saturated heterocycles. The van der Waals surface area contributed by atoms with E-state index in [1.165, 1.54) is 12.1 Å². The monoisotopic (exact) mass is 776 g/mol. The fraction of sp³-hybridized carbons (Fsp3) is 0.167. The summed E-state index contributed by atoms with van der Waals surface area (Å²) in [5.74, 6) is 0.705. The molecule has 0 saturated carbocycles. The molecule has 4 rings (SSSR count). The molecule has 0 spiro atoms. The van der Waals surface area contributed by atoms with E-state index in [1.807, 2.05) is 47.4 Å². The number of anilines is 1.